The Bertz CT molecular complexity index is 1060. The molecule has 0 saturated carbocycles. The average molecular weight is 384 g/mol. The number of amides is 2. The number of nitrogens with one attached hydrogen (secondary N) is 1. The van der Waals surface area contributed by atoms with Crippen LogP contribution in [0.3, 0.4) is 0 Å². The number of aromatic nitrogens is 1. The zero-order valence-electron chi connectivity index (χ0n) is 15.0. The van der Waals surface area contributed by atoms with Crippen LogP contribution in [0.1, 0.15) is 17.9 Å². The van der Waals surface area contributed by atoms with Gasteiger partial charge in [0.2, 0.25) is 11.8 Å². The van der Waals surface area contributed by atoms with Gasteiger partial charge in [0.1, 0.15) is 5.52 Å². The first-order valence-corrected chi connectivity index (χ1v) is 9.03. The molecule has 2 aromatic carbocycles. The minimum absolute atomic E-state index is 0.0864. The van der Waals surface area contributed by atoms with Gasteiger partial charge in [0, 0.05) is 36.3 Å². The lowest BCUT2D eigenvalue weighted by molar-refractivity contribution is -0.122. The molecule has 6 nitrogen and oxygen atoms in total. The number of halogens is 1. The molecular weight excluding hydrogens is 366 g/mol. The third-order valence-corrected chi connectivity index (χ3v) is 5.13. The Morgan fingerprint density at radius 2 is 2.07 bits per heavy atom. The lowest BCUT2D eigenvalue weighted by Gasteiger charge is -2.16. The fourth-order valence-electron chi connectivity index (χ4n) is 3.25. The topological polar surface area (TPSA) is 75.4 Å². The molecule has 2 heterocycles. The molecule has 1 aliphatic rings. The molecule has 2 amide bonds. The standard InChI is InChI=1S/C20H18ClN3O3/c1-11-3-4-14(8-16(11)21)23-20(26)13-7-19(25)24(10-13)15-5-6-18-17(9-15)22-12(2)27-18/h3-6,8-9,13H,7,10H2,1-2H3,(H,23,26)/t13-/m1/s1. The molecule has 1 fully saturated rings. The highest BCUT2D eigenvalue weighted by Crippen LogP contribution is 2.29. The highest BCUT2D eigenvalue weighted by Gasteiger charge is 2.35. The predicted octanol–water partition coefficient (Wildman–Crippen LogP) is 4.09. The third kappa shape index (κ3) is 3.40. The number of hydrogen-bond acceptors (Lipinski definition) is 4. The number of anilines is 2. The summed E-state index contributed by atoms with van der Waals surface area (Å²) in [6.07, 6.45) is 0.168. The van der Waals surface area contributed by atoms with E-state index in [0.29, 0.717) is 34.2 Å². The second kappa shape index (κ2) is 6.70. The normalized spacial score (nSPS) is 16.9. The summed E-state index contributed by atoms with van der Waals surface area (Å²) in [5, 5.41) is 3.44. The number of aryl methyl sites for hydroxylation is 2. The molecule has 1 atom stereocenters. The smallest absolute Gasteiger partial charge is 0.229 e. The number of fused-ring (bicyclic) bond motifs is 1. The Morgan fingerprint density at radius 3 is 2.85 bits per heavy atom. The predicted molar refractivity (Wildman–Crippen MR) is 104 cm³/mol. The zero-order valence-corrected chi connectivity index (χ0v) is 15.7. The number of benzene rings is 2. The summed E-state index contributed by atoms with van der Waals surface area (Å²) in [5.41, 5.74) is 3.65. The first kappa shape index (κ1) is 17.5. The molecule has 1 aromatic heterocycles. The van der Waals surface area contributed by atoms with E-state index in [1.54, 1.807) is 30.0 Å². The van der Waals surface area contributed by atoms with Gasteiger partial charge in [-0.2, -0.15) is 0 Å². The van der Waals surface area contributed by atoms with Crippen LogP contribution >= 0.6 is 11.6 Å². The summed E-state index contributed by atoms with van der Waals surface area (Å²) in [7, 11) is 0. The van der Waals surface area contributed by atoms with Crippen LogP contribution in [0.5, 0.6) is 0 Å². The van der Waals surface area contributed by atoms with Crippen LogP contribution in [0, 0.1) is 19.8 Å². The van der Waals surface area contributed by atoms with Crippen LogP contribution in [0.25, 0.3) is 11.1 Å². The molecule has 0 spiro atoms. The lowest BCUT2D eigenvalue weighted by atomic mass is 10.1. The molecule has 4 rings (SSSR count). The van der Waals surface area contributed by atoms with Crippen LogP contribution in [-0.4, -0.2) is 23.3 Å². The van der Waals surface area contributed by atoms with Crippen LogP contribution in [0.2, 0.25) is 5.02 Å². The molecule has 138 valence electrons. The van der Waals surface area contributed by atoms with Gasteiger partial charge in [-0.05, 0) is 42.8 Å². The summed E-state index contributed by atoms with van der Waals surface area (Å²) < 4.78 is 5.47. The van der Waals surface area contributed by atoms with E-state index in [2.05, 4.69) is 10.3 Å². The highest BCUT2D eigenvalue weighted by atomic mass is 35.5. The van der Waals surface area contributed by atoms with Crippen molar-refractivity contribution in [1.82, 2.24) is 4.98 Å². The van der Waals surface area contributed by atoms with Crippen molar-refractivity contribution in [3.63, 3.8) is 0 Å². The maximum Gasteiger partial charge on any atom is 0.229 e. The van der Waals surface area contributed by atoms with Crippen molar-refractivity contribution >= 4 is 45.9 Å². The maximum absolute atomic E-state index is 12.6. The molecule has 3 aromatic rings. The van der Waals surface area contributed by atoms with Crippen LogP contribution in [-0.2, 0) is 9.59 Å². The Kier molecular flexibility index (Phi) is 4.36. The molecule has 0 bridgehead atoms. The van der Waals surface area contributed by atoms with Crippen LogP contribution in [0.4, 0.5) is 11.4 Å². The second-order valence-electron chi connectivity index (χ2n) is 6.74. The van der Waals surface area contributed by atoms with Crippen LogP contribution in [0.15, 0.2) is 40.8 Å². The Balaban J connectivity index is 1.50. The third-order valence-electron chi connectivity index (χ3n) is 4.72. The van der Waals surface area contributed by atoms with Crippen molar-refractivity contribution in [2.75, 3.05) is 16.8 Å². The van der Waals surface area contributed by atoms with Gasteiger partial charge in [-0.3, -0.25) is 9.59 Å². The fourth-order valence-corrected chi connectivity index (χ4v) is 3.43. The number of nitrogens with zero attached hydrogens (tertiary/aromatic N) is 2. The van der Waals surface area contributed by atoms with E-state index in [-0.39, 0.29) is 18.2 Å². The largest absolute Gasteiger partial charge is 0.441 e. The average Bonchev–Trinajstić information content (AvgIpc) is 3.19. The Hall–Kier alpha value is -2.86. The Morgan fingerprint density at radius 1 is 1.26 bits per heavy atom. The van der Waals surface area contributed by atoms with Crippen LogP contribution < -0.4 is 10.2 Å². The summed E-state index contributed by atoms with van der Waals surface area (Å²) in [6.45, 7) is 4.00. The van der Waals surface area contributed by atoms with Crippen molar-refractivity contribution in [1.29, 1.82) is 0 Å². The molecule has 7 heteroatoms. The van der Waals surface area contributed by atoms with Gasteiger partial charge >= 0.3 is 0 Å². The summed E-state index contributed by atoms with van der Waals surface area (Å²) in [4.78, 5) is 31.0. The zero-order chi connectivity index (χ0) is 19.1. The summed E-state index contributed by atoms with van der Waals surface area (Å²) in [6, 6.07) is 10.8. The van der Waals surface area contributed by atoms with Gasteiger partial charge in [0.05, 0.1) is 5.92 Å². The van der Waals surface area contributed by atoms with Crippen molar-refractivity contribution < 1.29 is 14.0 Å². The molecule has 27 heavy (non-hydrogen) atoms. The monoisotopic (exact) mass is 383 g/mol. The van der Waals surface area contributed by atoms with Gasteiger partial charge in [-0.15, -0.1) is 0 Å². The van der Waals surface area contributed by atoms with Gasteiger partial charge in [0.15, 0.2) is 11.5 Å². The van der Waals surface area contributed by atoms with Gasteiger partial charge < -0.3 is 14.6 Å². The van der Waals surface area contributed by atoms with E-state index in [0.717, 1.165) is 11.3 Å². The van der Waals surface area contributed by atoms with Crippen molar-refractivity contribution in [3.8, 4) is 0 Å². The lowest BCUT2D eigenvalue weighted by Crippen LogP contribution is -2.28. The first-order chi connectivity index (χ1) is 12.9. The van der Waals surface area contributed by atoms with Crippen molar-refractivity contribution in [2.45, 2.75) is 20.3 Å². The molecular formula is C20H18ClN3O3. The van der Waals surface area contributed by atoms with Crippen molar-refractivity contribution in [3.05, 3.63) is 52.9 Å². The number of rotatable bonds is 3. The molecule has 0 unspecified atom stereocenters. The molecule has 1 aliphatic heterocycles. The minimum Gasteiger partial charge on any atom is -0.441 e. The number of carbonyl (C=O) groups excluding carboxylic acids is 2. The van der Waals surface area contributed by atoms with E-state index in [1.807, 2.05) is 25.1 Å². The van der Waals surface area contributed by atoms with Crippen molar-refractivity contribution in [2.24, 2.45) is 5.92 Å². The minimum atomic E-state index is -0.424. The maximum atomic E-state index is 12.6. The van der Waals surface area contributed by atoms with E-state index < -0.39 is 5.92 Å². The number of oxazole rings is 1. The first-order valence-electron chi connectivity index (χ1n) is 8.65. The van der Waals surface area contributed by atoms with Gasteiger partial charge in [-0.1, -0.05) is 17.7 Å². The highest BCUT2D eigenvalue weighted by molar-refractivity contribution is 6.31. The number of carbonyl (C=O) groups is 2. The van der Waals surface area contributed by atoms with E-state index >= 15 is 0 Å². The SMILES string of the molecule is Cc1nc2cc(N3C[C@H](C(=O)Nc4ccc(C)c(Cl)c4)CC3=O)ccc2o1. The van der Waals surface area contributed by atoms with E-state index in [4.69, 9.17) is 16.0 Å². The fraction of sp³-hybridized carbons (Fsp3) is 0.250. The Labute approximate surface area is 161 Å². The van der Waals surface area contributed by atoms with E-state index in [9.17, 15) is 9.59 Å². The van der Waals surface area contributed by atoms with Gasteiger partial charge in [0.25, 0.3) is 0 Å². The second-order valence-corrected chi connectivity index (χ2v) is 7.15. The molecule has 1 saturated heterocycles. The molecule has 0 radical (unpaired) electrons. The summed E-state index contributed by atoms with van der Waals surface area (Å²) >= 11 is 6.11. The molecule has 0 aliphatic carbocycles. The van der Waals surface area contributed by atoms with E-state index in [1.165, 1.54) is 0 Å². The van der Waals surface area contributed by atoms with Gasteiger partial charge in [-0.25, -0.2) is 4.98 Å². The molecule has 1 N–H and O–H groups in total. The summed E-state index contributed by atoms with van der Waals surface area (Å²) in [5.74, 6) is -0.128. The number of hydrogen-bond donors (Lipinski definition) is 1. The quantitative estimate of drug-likeness (QED) is 0.739.